The molecule has 0 amide bonds. The average Bonchev–Trinajstić information content (AvgIpc) is 1.86. The molecule has 3 atom stereocenters. The summed E-state index contributed by atoms with van der Waals surface area (Å²) >= 11 is 0. The van der Waals surface area contributed by atoms with E-state index in [1.807, 2.05) is 0 Å². The van der Waals surface area contributed by atoms with Crippen LogP contribution in [-0.4, -0.2) is 39.4 Å². The van der Waals surface area contributed by atoms with Gasteiger partial charge in [0.25, 0.3) is 0 Å². The average molecular weight is 162 g/mol. The van der Waals surface area contributed by atoms with Gasteiger partial charge in [-0.05, 0) is 13.8 Å². The Bertz CT molecular complexity index is 130. The van der Waals surface area contributed by atoms with E-state index in [1.54, 1.807) is 0 Å². The van der Waals surface area contributed by atoms with Gasteiger partial charge in [0.1, 0.15) is 12.4 Å². The first-order valence-electron chi connectivity index (χ1n) is 3.44. The molecule has 0 bridgehead atoms. The van der Waals surface area contributed by atoms with Crippen LogP contribution < -0.4 is 0 Å². The monoisotopic (exact) mass is 162 g/mol. The van der Waals surface area contributed by atoms with Crippen molar-refractivity contribution < 1.29 is 20.1 Å². The summed E-state index contributed by atoms with van der Waals surface area (Å²) in [4.78, 5) is 9.99. The number of carbonyl (C=O) groups is 1. The van der Waals surface area contributed by atoms with Gasteiger partial charge in [0.2, 0.25) is 0 Å². The summed E-state index contributed by atoms with van der Waals surface area (Å²) in [5.74, 6) is 0. The van der Waals surface area contributed by atoms with E-state index in [-0.39, 0.29) is 6.42 Å². The van der Waals surface area contributed by atoms with Crippen molar-refractivity contribution in [3.63, 3.8) is 0 Å². The second-order valence-electron chi connectivity index (χ2n) is 2.91. The highest BCUT2D eigenvalue weighted by atomic mass is 16.4. The van der Waals surface area contributed by atoms with Crippen LogP contribution in [-0.2, 0) is 4.79 Å². The lowest BCUT2D eigenvalue weighted by Gasteiger charge is -2.28. The number of rotatable bonds is 4. The summed E-state index contributed by atoms with van der Waals surface area (Å²) in [6, 6.07) is 0. The molecule has 0 radical (unpaired) electrons. The van der Waals surface area contributed by atoms with Gasteiger partial charge in [-0.1, -0.05) is 0 Å². The van der Waals surface area contributed by atoms with E-state index in [4.69, 9.17) is 10.2 Å². The maximum atomic E-state index is 9.99. The molecule has 0 heterocycles. The van der Waals surface area contributed by atoms with Crippen LogP contribution in [0.25, 0.3) is 0 Å². The quantitative estimate of drug-likeness (QED) is 0.467. The largest absolute Gasteiger partial charge is 0.391 e. The molecule has 0 saturated heterocycles. The van der Waals surface area contributed by atoms with Crippen molar-refractivity contribution in [2.75, 3.05) is 0 Å². The van der Waals surface area contributed by atoms with Gasteiger partial charge in [-0.3, -0.25) is 0 Å². The molecule has 4 heteroatoms. The van der Waals surface area contributed by atoms with Crippen molar-refractivity contribution in [3.05, 3.63) is 0 Å². The van der Waals surface area contributed by atoms with E-state index in [1.165, 1.54) is 13.8 Å². The molecule has 0 saturated carbocycles. The maximum absolute atomic E-state index is 9.99. The number of aldehydes is 1. The minimum atomic E-state index is -1.53. The van der Waals surface area contributed by atoms with Gasteiger partial charge in [-0.2, -0.15) is 0 Å². The van der Waals surface area contributed by atoms with Gasteiger partial charge in [0.15, 0.2) is 0 Å². The Morgan fingerprint density at radius 3 is 2.27 bits per heavy atom. The molecule has 11 heavy (non-hydrogen) atoms. The summed E-state index contributed by atoms with van der Waals surface area (Å²) in [6.45, 7) is 2.66. The molecular weight excluding hydrogens is 148 g/mol. The summed E-state index contributed by atoms with van der Waals surface area (Å²) in [5.41, 5.74) is -1.53. The first-order chi connectivity index (χ1) is 4.91. The zero-order valence-corrected chi connectivity index (χ0v) is 6.69. The number of aliphatic hydroxyl groups is 3. The molecule has 66 valence electrons. The van der Waals surface area contributed by atoms with Crippen LogP contribution >= 0.6 is 0 Å². The molecule has 0 aliphatic rings. The van der Waals surface area contributed by atoms with Crippen molar-refractivity contribution in [1.82, 2.24) is 0 Å². The highest BCUT2D eigenvalue weighted by Crippen LogP contribution is 2.15. The molecule has 0 aromatic carbocycles. The number of hydrogen-bond donors (Lipinski definition) is 3. The summed E-state index contributed by atoms with van der Waals surface area (Å²) < 4.78 is 0. The van der Waals surface area contributed by atoms with Crippen LogP contribution in [0.15, 0.2) is 0 Å². The Labute approximate surface area is 65.5 Å². The SMILES string of the molecule is C[C@H](O)[C@@H](O)[C@@](C)(O)CC=O. The van der Waals surface area contributed by atoms with Crippen LogP contribution in [0.1, 0.15) is 20.3 Å². The Kier molecular flexibility index (Phi) is 3.65. The first kappa shape index (κ1) is 10.6. The third-order valence-corrected chi connectivity index (χ3v) is 1.59. The maximum Gasteiger partial charge on any atom is 0.122 e. The Morgan fingerprint density at radius 2 is 2.00 bits per heavy atom. The van der Waals surface area contributed by atoms with Gasteiger partial charge in [0.05, 0.1) is 11.7 Å². The highest BCUT2D eigenvalue weighted by molar-refractivity contribution is 5.51. The molecule has 0 rings (SSSR count). The topological polar surface area (TPSA) is 77.8 Å². The first-order valence-corrected chi connectivity index (χ1v) is 3.44. The predicted molar refractivity (Wildman–Crippen MR) is 39.0 cm³/mol. The van der Waals surface area contributed by atoms with Crippen LogP contribution in [0.5, 0.6) is 0 Å². The number of aliphatic hydroxyl groups excluding tert-OH is 2. The molecule has 0 aromatic heterocycles. The lowest BCUT2D eigenvalue weighted by atomic mass is 9.93. The molecule has 0 aliphatic heterocycles. The lowest BCUT2D eigenvalue weighted by molar-refractivity contribution is -0.129. The zero-order valence-electron chi connectivity index (χ0n) is 6.69. The fourth-order valence-electron chi connectivity index (χ4n) is 0.809. The summed E-state index contributed by atoms with van der Waals surface area (Å²) in [5, 5.41) is 27.3. The molecule has 0 unspecified atom stereocenters. The van der Waals surface area contributed by atoms with Crippen LogP contribution in [0.2, 0.25) is 0 Å². The molecule has 0 spiro atoms. The second-order valence-corrected chi connectivity index (χ2v) is 2.91. The van der Waals surface area contributed by atoms with Gasteiger partial charge >= 0.3 is 0 Å². The molecule has 0 aromatic rings. The minimum Gasteiger partial charge on any atom is -0.391 e. The van der Waals surface area contributed by atoms with Crippen molar-refractivity contribution in [2.24, 2.45) is 0 Å². The van der Waals surface area contributed by atoms with Gasteiger partial charge in [-0.15, -0.1) is 0 Å². The smallest absolute Gasteiger partial charge is 0.122 e. The van der Waals surface area contributed by atoms with Crippen molar-refractivity contribution >= 4 is 6.29 Å². The van der Waals surface area contributed by atoms with E-state index >= 15 is 0 Å². The van der Waals surface area contributed by atoms with E-state index < -0.39 is 17.8 Å². The van der Waals surface area contributed by atoms with Gasteiger partial charge in [-0.25, -0.2) is 0 Å². The fraction of sp³-hybridized carbons (Fsp3) is 0.857. The van der Waals surface area contributed by atoms with E-state index in [2.05, 4.69) is 0 Å². The Balaban J connectivity index is 4.15. The predicted octanol–water partition coefficient (Wildman–Crippen LogP) is -0.932. The van der Waals surface area contributed by atoms with Crippen LogP contribution in [0.4, 0.5) is 0 Å². The van der Waals surface area contributed by atoms with Gasteiger partial charge in [0, 0.05) is 6.42 Å². The van der Waals surface area contributed by atoms with Gasteiger partial charge < -0.3 is 20.1 Å². The number of carbonyl (C=O) groups excluding carboxylic acids is 1. The van der Waals surface area contributed by atoms with Crippen molar-refractivity contribution in [2.45, 2.75) is 38.1 Å². The van der Waals surface area contributed by atoms with E-state index in [9.17, 15) is 9.90 Å². The van der Waals surface area contributed by atoms with Crippen LogP contribution in [0, 0.1) is 0 Å². The standard InChI is InChI=1S/C7H14O4/c1-5(9)6(10)7(2,11)3-4-8/h4-6,9-11H,3H2,1-2H3/t5-,6+,7-/m0/s1. The fourth-order valence-corrected chi connectivity index (χ4v) is 0.809. The normalized spacial score (nSPS) is 21.9. The summed E-state index contributed by atoms with van der Waals surface area (Å²) in [6.07, 6.45) is -2.00. The third kappa shape index (κ3) is 2.96. The molecular formula is C7H14O4. The second kappa shape index (κ2) is 3.80. The lowest BCUT2D eigenvalue weighted by Crippen LogP contribution is -2.46. The van der Waals surface area contributed by atoms with Crippen molar-refractivity contribution in [1.29, 1.82) is 0 Å². The molecule has 3 N–H and O–H groups in total. The third-order valence-electron chi connectivity index (χ3n) is 1.59. The molecule has 4 nitrogen and oxygen atoms in total. The van der Waals surface area contributed by atoms with Crippen molar-refractivity contribution in [3.8, 4) is 0 Å². The van der Waals surface area contributed by atoms with E-state index in [0.29, 0.717) is 6.29 Å². The zero-order chi connectivity index (χ0) is 9.07. The minimum absolute atomic E-state index is 0.181. The molecule has 0 fully saturated rings. The Hall–Kier alpha value is -0.450. The highest BCUT2D eigenvalue weighted by Gasteiger charge is 2.32. The van der Waals surface area contributed by atoms with E-state index in [0.717, 1.165) is 0 Å². The summed E-state index contributed by atoms with van der Waals surface area (Å²) in [7, 11) is 0. The molecule has 0 aliphatic carbocycles. The number of hydrogen-bond acceptors (Lipinski definition) is 4. The Morgan fingerprint density at radius 1 is 1.55 bits per heavy atom. The van der Waals surface area contributed by atoms with Crippen LogP contribution in [0.3, 0.4) is 0 Å².